The molecule has 0 saturated carbocycles. The first-order chi connectivity index (χ1) is 8.75. The lowest BCUT2D eigenvalue weighted by Gasteiger charge is -2.24. The molecular weight excluding hydrogens is 288 g/mol. The summed E-state index contributed by atoms with van der Waals surface area (Å²) in [7, 11) is 0. The number of furan rings is 1. The average molecular weight is 301 g/mol. The van der Waals surface area contributed by atoms with E-state index < -0.39 is 6.10 Å². The maximum absolute atomic E-state index is 10.4. The van der Waals surface area contributed by atoms with E-state index in [4.69, 9.17) is 16.0 Å². The van der Waals surface area contributed by atoms with Gasteiger partial charge in [0.15, 0.2) is 5.58 Å². The monoisotopic (exact) mass is 300 g/mol. The predicted molar refractivity (Wildman–Crippen MR) is 79.8 cm³/mol. The van der Waals surface area contributed by atoms with E-state index in [2.05, 4.69) is 0 Å². The van der Waals surface area contributed by atoms with Crippen LogP contribution in [0.3, 0.4) is 0 Å². The Balaban J connectivity index is 1.91. The quantitative estimate of drug-likeness (QED) is 0.910. The molecule has 1 saturated heterocycles. The van der Waals surface area contributed by atoms with Gasteiger partial charge >= 0.3 is 0 Å². The Kier molecular flexibility index (Phi) is 3.80. The van der Waals surface area contributed by atoms with E-state index >= 15 is 0 Å². The molecule has 0 amide bonds. The van der Waals surface area contributed by atoms with Crippen molar-refractivity contribution >= 4 is 46.1 Å². The molecule has 1 aromatic heterocycles. The molecule has 18 heavy (non-hydrogen) atoms. The average Bonchev–Trinajstić information content (AvgIpc) is 2.84. The van der Waals surface area contributed by atoms with Crippen LogP contribution in [0.5, 0.6) is 0 Å². The molecule has 2 heterocycles. The first-order valence-electron chi connectivity index (χ1n) is 5.81. The van der Waals surface area contributed by atoms with Gasteiger partial charge in [-0.25, -0.2) is 0 Å². The fourth-order valence-electron chi connectivity index (χ4n) is 2.06. The topological polar surface area (TPSA) is 33.4 Å². The molecule has 2 unspecified atom stereocenters. The number of hydrogen-bond acceptors (Lipinski definition) is 4. The van der Waals surface area contributed by atoms with E-state index in [1.54, 1.807) is 6.07 Å². The molecular formula is C13H13ClO2S2. The zero-order valence-corrected chi connectivity index (χ0v) is 12.0. The lowest BCUT2D eigenvalue weighted by Crippen LogP contribution is -2.21. The van der Waals surface area contributed by atoms with Gasteiger partial charge in [0.05, 0.1) is 5.02 Å². The van der Waals surface area contributed by atoms with Gasteiger partial charge in [-0.1, -0.05) is 23.7 Å². The standard InChI is InChI=1S/C13H13ClO2S2/c14-9-3-1-2-8-6-10(16-13(8)9)12(15)11-7-17-4-5-18-11/h1-3,6,11-12,15H,4-5,7H2. The number of thioether (sulfide) groups is 2. The van der Waals surface area contributed by atoms with Crippen LogP contribution >= 0.6 is 35.1 Å². The van der Waals surface area contributed by atoms with Gasteiger partial charge in [0.2, 0.25) is 0 Å². The van der Waals surface area contributed by atoms with Crippen LogP contribution in [-0.4, -0.2) is 27.6 Å². The Morgan fingerprint density at radius 3 is 3.00 bits per heavy atom. The Hall–Kier alpha value is -0.290. The lowest BCUT2D eigenvalue weighted by atomic mass is 10.2. The molecule has 1 N–H and O–H groups in total. The summed E-state index contributed by atoms with van der Waals surface area (Å²) in [4.78, 5) is 0. The van der Waals surface area contributed by atoms with Crippen LogP contribution in [0.25, 0.3) is 11.0 Å². The fourth-order valence-corrected chi connectivity index (χ4v) is 5.02. The number of halogens is 1. The zero-order chi connectivity index (χ0) is 12.5. The van der Waals surface area contributed by atoms with Gasteiger partial charge in [-0.3, -0.25) is 0 Å². The van der Waals surface area contributed by atoms with Crippen LogP contribution in [0.4, 0.5) is 0 Å². The molecule has 0 radical (unpaired) electrons. The van der Waals surface area contributed by atoms with Crippen LogP contribution < -0.4 is 0 Å². The van der Waals surface area contributed by atoms with Crippen LogP contribution in [0.2, 0.25) is 5.02 Å². The highest BCUT2D eigenvalue weighted by Gasteiger charge is 2.27. The molecule has 3 rings (SSSR count). The minimum atomic E-state index is -0.550. The molecule has 1 aliphatic heterocycles. The normalized spacial score (nSPS) is 22.2. The molecule has 1 aliphatic rings. The maximum Gasteiger partial charge on any atom is 0.152 e. The summed E-state index contributed by atoms with van der Waals surface area (Å²) in [6.07, 6.45) is -0.550. The highest BCUT2D eigenvalue weighted by atomic mass is 35.5. The summed E-state index contributed by atoms with van der Waals surface area (Å²) in [6, 6.07) is 7.53. The van der Waals surface area contributed by atoms with Gasteiger partial charge in [0.1, 0.15) is 11.9 Å². The van der Waals surface area contributed by atoms with Crippen LogP contribution in [0.15, 0.2) is 28.7 Å². The molecule has 0 bridgehead atoms. The summed E-state index contributed by atoms with van der Waals surface area (Å²) in [5, 5.41) is 12.1. The van der Waals surface area contributed by atoms with Crippen molar-refractivity contribution < 1.29 is 9.52 Å². The highest BCUT2D eigenvalue weighted by Crippen LogP contribution is 2.36. The molecule has 1 fully saturated rings. The first kappa shape index (κ1) is 12.7. The summed E-state index contributed by atoms with van der Waals surface area (Å²) in [6.45, 7) is 0. The minimum Gasteiger partial charge on any atom is -0.457 e. The Bertz CT molecular complexity index is 549. The largest absolute Gasteiger partial charge is 0.457 e. The molecule has 2 atom stereocenters. The Labute approximate surface area is 119 Å². The molecule has 0 aliphatic carbocycles. The molecule has 5 heteroatoms. The zero-order valence-electron chi connectivity index (χ0n) is 9.64. The van der Waals surface area contributed by atoms with Gasteiger partial charge in [0, 0.05) is 27.9 Å². The molecule has 96 valence electrons. The van der Waals surface area contributed by atoms with Gasteiger partial charge < -0.3 is 9.52 Å². The number of para-hydroxylation sites is 1. The van der Waals surface area contributed by atoms with E-state index in [9.17, 15) is 5.11 Å². The van der Waals surface area contributed by atoms with Crippen LogP contribution in [-0.2, 0) is 0 Å². The van der Waals surface area contributed by atoms with Gasteiger partial charge in [-0.2, -0.15) is 23.5 Å². The smallest absolute Gasteiger partial charge is 0.152 e. The Morgan fingerprint density at radius 1 is 1.39 bits per heavy atom. The predicted octanol–water partition coefficient (Wildman–Crippen LogP) is 3.97. The van der Waals surface area contributed by atoms with Crippen LogP contribution in [0, 0.1) is 0 Å². The van der Waals surface area contributed by atoms with E-state index in [-0.39, 0.29) is 5.25 Å². The van der Waals surface area contributed by atoms with E-state index in [1.807, 2.05) is 41.7 Å². The second-order valence-electron chi connectivity index (χ2n) is 4.24. The summed E-state index contributed by atoms with van der Waals surface area (Å²) in [5.74, 6) is 3.85. The first-order valence-corrected chi connectivity index (χ1v) is 8.39. The number of hydrogen-bond donors (Lipinski definition) is 1. The molecule has 0 spiro atoms. The summed E-state index contributed by atoms with van der Waals surface area (Å²) in [5.41, 5.74) is 0.668. The number of aliphatic hydroxyl groups excluding tert-OH is 1. The van der Waals surface area contributed by atoms with Crippen molar-refractivity contribution in [2.24, 2.45) is 0 Å². The maximum atomic E-state index is 10.4. The van der Waals surface area contributed by atoms with Crippen molar-refractivity contribution in [1.82, 2.24) is 0 Å². The highest BCUT2D eigenvalue weighted by molar-refractivity contribution is 8.06. The third-order valence-electron chi connectivity index (χ3n) is 3.00. The van der Waals surface area contributed by atoms with E-state index in [0.717, 1.165) is 16.9 Å². The van der Waals surface area contributed by atoms with Crippen molar-refractivity contribution in [2.45, 2.75) is 11.4 Å². The van der Waals surface area contributed by atoms with Crippen molar-refractivity contribution in [2.75, 3.05) is 17.3 Å². The van der Waals surface area contributed by atoms with Gasteiger partial charge in [-0.05, 0) is 12.1 Å². The van der Waals surface area contributed by atoms with E-state index in [1.165, 1.54) is 5.75 Å². The van der Waals surface area contributed by atoms with Gasteiger partial charge in [0.25, 0.3) is 0 Å². The van der Waals surface area contributed by atoms with Gasteiger partial charge in [-0.15, -0.1) is 0 Å². The second kappa shape index (κ2) is 5.37. The summed E-state index contributed by atoms with van der Waals surface area (Å²) < 4.78 is 5.71. The van der Waals surface area contributed by atoms with Crippen molar-refractivity contribution in [3.05, 3.63) is 35.0 Å². The Morgan fingerprint density at radius 2 is 2.28 bits per heavy atom. The second-order valence-corrected chi connectivity index (χ2v) is 7.14. The third-order valence-corrected chi connectivity index (χ3v) is 6.15. The number of aliphatic hydroxyl groups is 1. The van der Waals surface area contributed by atoms with E-state index in [0.29, 0.717) is 16.4 Å². The van der Waals surface area contributed by atoms with Crippen LogP contribution in [0.1, 0.15) is 11.9 Å². The number of fused-ring (bicyclic) bond motifs is 1. The number of benzene rings is 1. The third kappa shape index (κ3) is 2.39. The lowest BCUT2D eigenvalue weighted by molar-refractivity contribution is 0.155. The molecule has 2 nitrogen and oxygen atoms in total. The molecule has 1 aromatic carbocycles. The fraction of sp³-hybridized carbons (Fsp3) is 0.385. The minimum absolute atomic E-state index is 0.211. The summed E-state index contributed by atoms with van der Waals surface area (Å²) >= 11 is 9.78. The molecule has 2 aromatic rings. The van der Waals surface area contributed by atoms with Crippen molar-refractivity contribution in [3.63, 3.8) is 0 Å². The van der Waals surface area contributed by atoms with Crippen molar-refractivity contribution in [3.8, 4) is 0 Å². The SMILES string of the molecule is OC(c1cc2cccc(Cl)c2o1)C1CSCCS1. The number of rotatable bonds is 2. The van der Waals surface area contributed by atoms with Crippen molar-refractivity contribution in [1.29, 1.82) is 0 Å².